The Hall–Kier alpha value is -2.40. The highest BCUT2D eigenvalue weighted by atomic mass is 16.6. The molecule has 0 radical (unpaired) electrons. The second-order valence-electron chi connectivity index (χ2n) is 4.84. The SMILES string of the molecule is COc1cccc(C(CN)Cc2cccc([N+](=O)[O-])c2)c1. The molecular weight excluding hydrogens is 268 g/mol. The summed E-state index contributed by atoms with van der Waals surface area (Å²) in [6.07, 6.45) is 0.658. The maximum Gasteiger partial charge on any atom is 0.269 e. The van der Waals surface area contributed by atoms with E-state index in [1.165, 1.54) is 6.07 Å². The van der Waals surface area contributed by atoms with E-state index in [4.69, 9.17) is 10.5 Å². The molecule has 0 aliphatic heterocycles. The fourth-order valence-electron chi connectivity index (χ4n) is 2.31. The minimum atomic E-state index is -0.382. The fourth-order valence-corrected chi connectivity index (χ4v) is 2.31. The van der Waals surface area contributed by atoms with E-state index in [0.717, 1.165) is 16.9 Å². The van der Waals surface area contributed by atoms with Gasteiger partial charge in [-0.05, 0) is 36.2 Å². The average Bonchev–Trinajstić information content (AvgIpc) is 2.53. The molecule has 1 unspecified atom stereocenters. The Morgan fingerprint density at radius 3 is 2.67 bits per heavy atom. The lowest BCUT2D eigenvalue weighted by Crippen LogP contribution is -2.15. The fraction of sp³-hybridized carbons (Fsp3) is 0.250. The monoisotopic (exact) mass is 286 g/mol. The van der Waals surface area contributed by atoms with Crippen molar-refractivity contribution in [2.75, 3.05) is 13.7 Å². The molecule has 0 amide bonds. The van der Waals surface area contributed by atoms with Crippen LogP contribution in [-0.4, -0.2) is 18.6 Å². The van der Waals surface area contributed by atoms with Crippen molar-refractivity contribution in [3.8, 4) is 5.75 Å². The molecule has 0 saturated carbocycles. The molecule has 0 aliphatic rings. The van der Waals surface area contributed by atoms with E-state index in [1.54, 1.807) is 19.2 Å². The molecule has 1 atom stereocenters. The maximum absolute atomic E-state index is 10.8. The van der Waals surface area contributed by atoms with Crippen LogP contribution in [0, 0.1) is 10.1 Å². The number of methoxy groups -OCH3 is 1. The summed E-state index contributed by atoms with van der Waals surface area (Å²) in [6, 6.07) is 14.4. The van der Waals surface area contributed by atoms with Gasteiger partial charge in [-0.1, -0.05) is 24.3 Å². The first-order valence-corrected chi connectivity index (χ1v) is 6.71. The number of ether oxygens (including phenoxy) is 1. The van der Waals surface area contributed by atoms with Crippen LogP contribution >= 0.6 is 0 Å². The lowest BCUT2D eigenvalue weighted by molar-refractivity contribution is -0.384. The molecule has 0 saturated heterocycles. The van der Waals surface area contributed by atoms with Gasteiger partial charge in [0.2, 0.25) is 0 Å². The van der Waals surface area contributed by atoms with Crippen LogP contribution in [-0.2, 0) is 6.42 Å². The summed E-state index contributed by atoms with van der Waals surface area (Å²) in [6.45, 7) is 0.468. The van der Waals surface area contributed by atoms with E-state index in [2.05, 4.69) is 0 Å². The highest BCUT2D eigenvalue weighted by molar-refractivity contribution is 5.37. The first kappa shape index (κ1) is 15.0. The van der Waals surface area contributed by atoms with Gasteiger partial charge in [0.1, 0.15) is 5.75 Å². The zero-order valence-corrected chi connectivity index (χ0v) is 11.9. The summed E-state index contributed by atoms with van der Waals surface area (Å²) in [5.74, 6) is 0.882. The zero-order valence-electron chi connectivity index (χ0n) is 11.9. The van der Waals surface area contributed by atoms with Gasteiger partial charge in [-0.25, -0.2) is 0 Å². The molecule has 2 N–H and O–H groups in total. The number of nitro benzene ring substituents is 1. The molecule has 0 heterocycles. The summed E-state index contributed by atoms with van der Waals surface area (Å²) in [5, 5.41) is 10.8. The van der Waals surface area contributed by atoms with E-state index in [0.29, 0.717) is 13.0 Å². The van der Waals surface area contributed by atoms with E-state index in [1.807, 2.05) is 30.3 Å². The molecule has 0 spiro atoms. The molecule has 2 aromatic rings. The predicted octanol–water partition coefficient (Wildman–Crippen LogP) is 2.89. The van der Waals surface area contributed by atoms with Crippen molar-refractivity contribution in [2.45, 2.75) is 12.3 Å². The van der Waals surface area contributed by atoms with Gasteiger partial charge in [0.15, 0.2) is 0 Å². The summed E-state index contributed by atoms with van der Waals surface area (Å²) < 4.78 is 5.22. The first-order chi connectivity index (χ1) is 10.1. The molecule has 0 fully saturated rings. The molecular formula is C16H18N2O3. The molecule has 0 aromatic heterocycles. The number of nitrogens with two attached hydrogens (primary N) is 1. The number of nitro groups is 1. The molecule has 2 aromatic carbocycles. The smallest absolute Gasteiger partial charge is 0.269 e. The van der Waals surface area contributed by atoms with E-state index < -0.39 is 0 Å². The quantitative estimate of drug-likeness (QED) is 0.654. The number of hydrogen-bond acceptors (Lipinski definition) is 4. The van der Waals surface area contributed by atoms with Crippen molar-refractivity contribution in [3.05, 3.63) is 69.8 Å². The Morgan fingerprint density at radius 2 is 2.00 bits per heavy atom. The molecule has 5 heteroatoms. The van der Waals surface area contributed by atoms with Crippen LogP contribution in [0.1, 0.15) is 17.0 Å². The van der Waals surface area contributed by atoms with Crippen molar-refractivity contribution in [1.29, 1.82) is 0 Å². The summed E-state index contributed by atoms with van der Waals surface area (Å²) >= 11 is 0. The van der Waals surface area contributed by atoms with Gasteiger partial charge in [-0.15, -0.1) is 0 Å². The van der Waals surface area contributed by atoms with Crippen molar-refractivity contribution >= 4 is 5.69 Å². The second-order valence-corrected chi connectivity index (χ2v) is 4.84. The first-order valence-electron chi connectivity index (χ1n) is 6.71. The lowest BCUT2D eigenvalue weighted by atomic mass is 9.92. The molecule has 0 bridgehead atoms. The van der Waals surface area contributed by atoms with Crippen LogP contribution in [0.15, 0.2) is 48.5 Å². The highest BCUT2D eigenvalue weighted by Gasteiger charge is 2.13. The largest absolute Gasteiger partial charge is 0.497 e. The minimum Gasteiger partial charge on any atom is -0.497 e. The number of non-ortho nitro benzene ring substituents is 1. The van der Waals surface area contributed by atoms with Gasteiger partial charge in [0, 0.05) is 18.1 Å². The van der Waals surface area contributed by atoms with Gasteiger partial charge in [-0.3, -0.25) is 10.1 Å². The lowest BCUT2D eigenvalue weighted by Gasteiger charge is -2.16. The van der Waals surface area contributed by atoms with Crippen LogP contribution in [0.25, 0.3) is 0 Å². The van der Waals surface area contributed by atoms with Gasteiger partial charge >= 0.3 is 0 Å². The third-order valence-electron chi connectivity index (χ3n) is 3.45. The van der Waals surface area contributed by atoms with Crippen LogP contribution in [0.2, 0.25) is 0 Å². The number of hydrogen-bond donors (Lipinski definition) is 1. The Morgan fingerprint density at radius 1 is 1.24 bits per heavy atom. The third-order valence-corrected chi connectivity index (χ3v) is 3.45. The predicted molar refractivity (Wildman–Crippen MR) is 81.6 cm³/mol. The van der Waals surface area contributed by atoms with Crippen molar-refractivity contribution < 1.29 is 9.66 Å². The van der Waals surface area contributed by atoms with Crippen LogP contribution in [0.5, 0.6) is 5.75 Å². The summed E-state index contributed by atoms with van der Waals surface area (Å²) in [4.78, 5) is 10.4. The Kier molecular flexibility index (Phi) is 4.90. The Bertz CT molecular complexity index is 628. The maximum atomic E-state index is 10.8. The standard InChI is InChI=1S/C16H18N2O3/c1-21-16-7-3-5-13(10-16)14(11-17)8-12-4-2-6-15(9-12)18(19)20/h2-7,9-10,14H,8,11,17H2,1H3. The summed E-state index contributed by atoms with van der Waals surface area (Å²) in [5.41, 5.74) is 7.95. The average molecular weight is 286 g/mol. The molecule has 21 heavy (non-hydrogen) atoms. The molecule has 110 valence electrons. The normalized spacial score (nSPS) is 11.9. The van der Waals surface area contributed by atoms with Gasteiger partial charge in [0.25, 0.3) is 5.69 Å². The van der Waals surface area contributed by atoms with Crippen molar-refractivity contribution in [1.82, 2.24) is 0 Å². The van der Waals surface area contributed by atoms with Crippen LogP contribution in [0.4, 0.5) is 5.69 Å². The van der Waals surface area contributed by atoms with Crippen molar-refractivity contribution in [3.63, 3.8) is 0 Å². The number of benzene rings is 2. The second kappa shape index (κ2) is 6.85. The number of rotatable bonds is 6. The third kappa shape index (κ3) is 3.79. The molecule has 2 rings (SSSR count). The van der Waals surface area contributed by atoms with Gasteiger partial charge in [0.05, 0.1) is 12.0 Å². The highest BCUT2D eigenvalue weighted by Crippen LogP contribution is 2.25. The molecule has 5 nitrogen and oxygen atoms in total. The van der Waals surface area contributed by atoms with E-state index in [9.17, 15) is 10.1 Å². The van der Waals surface area contributed by atoms with E-state index >= 15 is 0 Å². The van der Waals surface area contributed by atoms with Crippen LogP contribution in [0.3, 0.4) is 0 Å². The zero-order chi connectivity index (χ0) is 15.2. The van der Waals surface area contributed by atoms with E-state index in [-0.39, 0.29) is 16.5 Å². The van der Waals surface area contributed by atoms with Gasteiger partial charge in [-0.2, -0.15) is 0 Å². The van der Waals surface area contributed by atoms with Crippen LogP contribution < -0.4 is 10.5 Å². The van der Waals surface area contributed by atoms with Crippen molar-refractivity contribution in [2.24, 2.45) is 5.73 Å². The Labute approximate surface area is 123 Å². The minimum absolute atomic E-state index is 0.0992. The summed E-state index contributed by atoms with van der Waals surface area (Å²) in [7, 11) is 1.62. The number of nitrogens with zero attached hydrogens (tertiary/aromatic N) is 1. The topological polar surface area (TPSA) is 78.4 Å². The van der Waals surface area contributed by atoms with Gasteiger partial charge < -0.3 is 10.5 Å². The Balaban J connectivity index is 2.22. The molecule has 0 aliphatic carbocycles.